The van der Waals surface area contributed by atoms with E-state index in [1.54, 1.807) is 26.0 Å². The normalized spacial score (nSPS) is 22.4. The Bertz CT molecular complexity index is 1040. The first kappa shape index (κ1) is 23.8. The first-order valence-electron chi connectivity index (χ1n) is 11.2. The van der Waals surface area contributed by atoms with Crippen LogP contribution in [0.4, 0.5) is 19.0 Å². The number of hydrogen-bond donors (Lipinski definition) is 2. The first-order valence-corrected chi connectivity index (χ1v) is 11.2. The molecule has 2 aliphatic rings. The van der Waals surface area contributed by atoms with E-state index in [-0.39, 0.29) is 29.8 Å². The smallest absolute Gasteiger partial charge is 0.416 e. The van der Waals surface area contributed by atoms with Gasteiger partial charge in [-0.05, 0) is 75.9 Å². The molecule has 3 N–H and O–H groups in total. The number of primary amides is 1. The number of nitrogens with one attached hydrogen (secondary N) is 1. The van der Waals surface area contributed by atoms with Gasteiger partial charge in [-0.2, -0.15) is 13.2 Å². The Labute approximate surface area is 195 Å². The molecule has 0 radical (unpaired) electrons. The van der Waals surface area contributed by atoms with Crippen LogP contribution in [-0.4, -0.2) is 40.5 Å². The molecular weight excluding hydrogens is 449 g/mol. The highest BCUT2D eigenvalue weighted by atomic mass is 19.4. The molecule has 2 amide bonds. The van der Waals surface area contributed by atoms with Crippen LogP contribution in [0, 0.1) is 0 Å². The van der Waals surface area contributed by atoms with Crippen LogP contribution in [-0.2, 0) is 11.0 Å². The highest BCUT2D eigenvalue weighted by Crippen LogP contribution is 2.39. The molecule has 3 heterocycles. The quantitative estimate of drug-likeness (QED) is 0.663. The number of benzene rings is 1. The number of piperidine rings is 1. The lowest BCUT2D eigenvalue weighted by Gasteiger charge is -2.40. The molecule has 10 heteroatoms. The molecule has 2 bridgehead atoms. The minimum atomic E-state index is -4.43. The zero-order valence-corrected chi connectivity index (χ0v) is 18.9. The number of anilines is 1. The summed E-state index contributed by atoms with van der Waals surface area (Å²) < 4.78 is 44.0. The predicted molar refractivity (Wildman–Crippen MR) is 119 cm³/mol. The van der Waals surface area contributed by atoms with E-state index in [1.165, 1.54) is 18.3 Å². The number of pyridine rings is 1. The Morgan fingerprint density at radius 1 is 1.06 bits per heavy atom. The van der Waals surface area contributed by atoms with Gasteiger partial charge < -0.3 is 20.7 Å². The number of rotatable bonds is 6. The van der Waals surface area contributed by atoms with Crippen LogP contribution in [0.15, 0.2) is 42.6 Å². The van der Waals surface area contributed by atoms with Gasteiger partial charge in [0.05, 0.1) is 11.1 Å². The maximum Gasteiger partial charge on any atom is 0.416 e. The Hall–Kier alpha value is -3.30. The molecule has 2 aromatic rings. The molecule has 2 fully saturated rings. The number of ether oxygens (including phenoxy) is 1. The minimum absolute atomic E-state index is 0.0541. The van der Waals surface area contributed by atoms with Crippen molar-refractivity contribution in [2.24, 2.45) is 5.73 Å². The van der Waals surface area contributed by atoms with Crippen molar-refractivity contribution in [2.45, 2.75) is 69.4 Å². The molecule has 0 spiro atoms. The molecule has 34 heavy (non-hydrogen) atoms. The number of carbonyl (C=O) groups excluding carboxylic acids is 2. The number of alkyl halides is 3. The number of halogens is 3. The van der Waals surface area contributed by atoms with Gasteiger partial charge in [0.1, 0.15) is 11.6 Å². The molecule has 182 valence electrons. The van der Waals surface area contributed by atoms with Gasteiger partial charge >= 0.3 is 6.18 Å². The Balaban J connectivity index is 1.37. The van der Waals surface area contributed by atoms with Crippen molar-refractivity contribution in [1.82, 2.24) is 10.3 Å². The third-order valence-electron chi connectivity index (χ3n) is 6.47. The van der Waals surface area contributed by atoms with Gasteiger partial charge in [0, 0.05) is 24.3 Å². The van der Waals surface area contributed by atoms with Crippen LogP contribution in [0.1, 0.15) is 55.5 Å². The van der Waals surface area contributed by atoms with Crippen LogP contribution in [0.5, 0.6) is 5.75 Å². The summed E-state index contributed by atoms with van der Waals surface area (Å²) in [5.74, 6) is 0.125. The molecule has 1 aromatic heterocycles. The van der Waals surface area contributed by atoms with Gasteiger partial charge in [-0.1, -0.05) is 0 Å². The van der Waals surface area contributed by atoms with Crippen molar-refractivity contribution in [3.05, 3.63) is 53.7 Å². The third kappa shape index (κ3) is 4.95. The summed E-state index contributed by atoms with van der Waals surface area (Å²) >= 11 is 0. The van der Waals surface area contributed by atoms with Crippen molar-refractivity contribution in [1.29, 1.82) is 0 Å². The van der Waals surface area contributed by atoms with E-state index in [1.807, 2.05) is 0 Å². The highest BCUT2D eigenvalue weighted by molar-refractivity contribution is 5.92. The molecule has 0 saturated carbocycles. The Kier molecular flexibility index (Phi) is 6.18. The molecule has 3 atom stereocenters. The predicted octanol–water partition coefficient (Wildman–Crippen LogP) is 3.67. The second kappa shape index (κ2) is 8.81. The standard InChI is InChI=1S/C24H27F3N4O3/c1-23(2,34-19-8-4-15(5-9-19)24(25,26)27)22(33)30-16-11-17-6-7-18(12-16)31(17)20-10-3-14(13-29-20)21(28)32/h3-5,8-10,13,16-18H,6-7,11-12H2,1-2H3,(H2,28,32)(H,30,33)/t16?,17-,18+. The lowest BCUT2D eigenvalue weighted by atomic mass is 9.96. The maximum absolute atomic E-state index is 13.0. The Morgan fingerprint density at radius 3 is 2.18 bits per heavy atom. The summed E-state index contributed by atoms with van der Waals surface area (Å²) in [4.78, 5) is 30.9. The van der Waals surface area contributed by atoms with E-state index in [4.69, 9.17) is 10.5 Å². The zero-order valence-electron chi connectivity index (χ0n) is 18.9. The van der Waals surface area contributed by atoms with Gasteiger partial charge in [0.2, 0.25) is 5.91 Å². The van der Waals surface area contributed by atoms with Crippen molar-refractivity contribution in [3.8, 4) is 5.75 Å². The molecule has 2 saturated heterocycles. The summed E-state index contributed by atoms with van der Waals surface area (Å²) in [6, 6.07) is 8.11. The van der Waals surface area contributed by atoms with Crippen LogP contribution in [0.3, 0.4) is 0 Å². The average Bonchev–Trinajstić information content (AvgIpc) is 3.03. The molecule has 4 rings (SSSR count). The highest BCUT2D eigenvalue weighted by Gasteiger charge is 2.43. The fraction of sp³-hybridized carbons (Fsp3) is 0.458. The number of nitrogens with zero attached hydrogens (tertiary/aromatic N) is 2. The third-order valence-corrected chi connectivity index (χ3v) is 6.47. The lowest BCUT2D eigenvalue weighted by Crippen LogP contribution is -2.55. The second-order valence-electron chi connectivity index (χ2n) is 9.34. The fourth-order valence-electron chi connectivity index (χ4n) is 4.77. The summed E-state index contributed by atoms with van der Waals surface area (Å²) in [5.41, 5.74) is 3.61. The summed E-state index contributed by atoms with van der Waals surface area (Å²) in [6.07, 6.45) is 0.463. The number of carbonyl (C=O) groups is 2. The van der Waals surface area contributed by atoms with Crippen LogP contribution < -0.4 is 20.7 Å². The van der Waals surface area contributed by atoms with E-state index in [9.17, 15) is 22.8 Å². The fourth-order valence-corrected chi connectivity index (χ4v) is 4.77. The summed E-state index contributed by atoms with van der Waals surface area (Å²) in [6.45, 7) is 3.18. The minimum Gasteiger partial charge on any atom is -0.478 e. The topological polar surface area (TPSA) is 97.5 Å². The number of nitrogens with two attached hydrogens (primary N) is 1. The molecule has 1 aromatic carbocycles. The van der Waals surface area contributed by atoms with Gasteiger partial charge in [-0.15, -0.1) is 0 Å². The molecular formula is C24H27F3N4O3. The van der Waals surface area contributed by atoms with Gasteiger partial charge in [-0.3, -0.25) is 9.59 Å². The van der Waals surface area contributed by atoms with Gasteiger partial charge in [-0.25, -0.2) is 4.98 Å². The lowest BCUT2D eigenvalue weighted by molar-refractivity contribution is -0.138. The van der Waals surface area contributed by atoms with Crippen molar-refractivity contribution in [3.63, 3.8) is 0 Å². The van der Waals surface area contributed by atoms with E-state index in [0.29, 0.717) is 5.56 Å². The SMILES string of the molecule is CC(C)(Oc1ccc(C(F)(F)F)cc1)C(=O)NC1C[C@H]2CC[C@@H](C1)N2c1ccc(C(N)=O)cn1. The monoisotopic (exact) mass is 476 g/mol. The molecule has 1 unspecified atom stereocenters. The van der Waals surface area contributed by atoms with E-state index in [2.05, 4.69) is 15.2 Å². The average molecular weight is 476 g/mol. The summed E-state index contributed by atoms with van der Waals surface area (Å²) in [7, 11) is 0. The van der Waals surface area contributed by atoms with Crippen molar-refractivity contribution < 1.29 is 27.5 Å². The zero-order chi connectivity index (χ0) is 24.7. The van der Waals surface area contributed by atoms with Gasteiger partial charge in [0.25, 0.3) is 5.91 Å². The van der Waals surface area contributed by atoms with E-state index in [0.717, 1.165) is 43.6 Å². The molecule has 0 aliphatic carbocycles. The maximum atomic E-state index is 13.0. The van der Waals surface area contributed by atoms with E-state index >= 15 is 0 Å². The van der Waals surface area contributed by atoms with Gasteiger partial charge in [0.15, 0.2) is 5.60 Å². The molecule has 7 nitrogen and oxygen atoms in total. The first-order chi connectivity index (χ1) is 15.9. The summed E-state index contributed by atoms with van der Waals surface area (Å²) in [5, 5.41) is 3.06. The number of fused-ring (bicyclic) bond motifs is 2. The van der Waals surface area contributed by atoms with Crippen LogP contribution >= 0.6 is 0 Å². The number of hydrogen-bond acceptors (Lipinski definition) is 5. The van der Waals surface area contributed by atoms with Crippen molar-refractivity contribution >= 4 is 17.6 Å². The molecule has 2 aliphatic heterocycles. The Morgan fingerprint density at radius 2 is 1.68 bits per heavy atom. The number of amides is 2. The second-order valence-corrected chi connectivity index (χ2v) is 9.34. The number of aromatic nitrogens is 1. The van der Waals surface area contributed by atoms with Crippen LogP contribution in [0.25, 0.3) is 0 Å². The largest absolute Gasteiger partial charge is 0.478 e. The van der Waals surface area contributed by atoms with E-state index < -0.39 is 23.2 Å². The van der Waals surface area contributed by atoms with Crippen molar-refractivity contribution in [2.75, 3.05) is 4.90 Å². The van der Waals surface area contributed by atoms with Crippen LogP contribution in [0.2, 0.25) is 0 Å².